The number of ether oxygens (including phenoxy) is 2. The van der Waals surface area contributed by atoms with Gasteiger partial charge in [0.05, 0.1) is 33.8 Å². The summed E-state index contributed by atoms with van der Waals surface area (Å²) in [7, 11) is -3.95. The Bertz CT molecular complexity index is 1040. The number of rotatable bonds is 5. The molecule has 0 saturated carbocycles. The third kappa shape index (κ3) is 5.02. The molecule has 0 spiro atoms. The van der Waals surface area contributed by atoms with Crippen LogP contribution in [0.1, 0.15) is 15.9 Å². The maximum absolute atomic E-state index is 13.1. The molecule has 1 aliphatic rings. The molecular weight excluding hydrogens is 468 g/mol. The van der Waals surface area contributed by atoms with Gasteiger partial charge < -0.3 is 9.47 Å². The minimum Gasteiger partial charge on any atom is -0.457 e. The molecule has 156 valence electrons. The third-order valence-corrected chi connectivity index (χ3v) is 7.23. The van der Waals surface area contributed by atoms with Crippen LogP contribution < -0.4 is 0 Å². The highest BCUT2D eigenvalue weighted by Crippen LogP contribution is 2.31. The van der Waals surface area contributed by atoms with Gasteiger partial charge in [-0.3, -0.25) is 0 Å². The van der Waals surface area contributed by atoms with Gasteiger partial charge in [-0.1, -0.05) is 40.9 Å². The van der Waals surface area contributed by atoms with E-state index in [0.717, 1.165) is 12.1 Å². The molecule has 29 heavy (non-hydrogen) atoms. The summed E-state index contributed by atoms with van der Waals surface area (Å²) in [5, 5.41) is -0.0821. The normalized spacial score (nSPS) is 15.3. The predicted molar refractivity (Wildman–Crippen MR) is 107 cm³/mol. The Kier molecular flexibility index (Phi) is 7.03. The molecule has 2 aromatic carbocycles. The van der Waals surface area contributed by atoms with Crippen molar-refractivity contribution in [1.82, 2.24) is 4.31 Å². The zero-order valence-corrected chi connectivity index (χ0v) is 17.9. The lowest BCUT2D eigenvalue weighted by Crippen LogP contribution is -2.40. The molecule has 0 bridgehead atoms. The summed E-state index contributed by atoms with van der Waals surface area (Å²) in [4.78, 5) is 12.2. The van der Waals surface area contributed by atoms with Crippen molar-refractivity contribution in [2.24, 2.45) is 0 Å². The van der Waals surface area contributed by atoms with Gasteiger partial charge in [0.2, 0.25) is 10.0 Å². The quantitative estimate of drug-likeness (QED) is 0.598. The number of esters is 1. The molecule has 0 amide bonds. The number of carbonyl (C=O) groups is 1. The monoisotopic (exact) mass is 481 g/mol. The van der Waals surface area contributed by atoms with Crippen LogP contribution in [0.4, 0.5) is 4.39 Å². The fraction of sp³-hybridized carbons (Fsp3) is 0.278. The molecule has 0 aliphatic carbocycles. The highest BCUT2D eigenvalue weighted by atomic mass is 35.5. The zero-order valence-electron chi connectivity index (χ0n) is 14.8. The fourth-order valence-electron chi connectivity index (χ4n) is 2.67. The average molecular weight is 483 g/mol. The lowest BCUT2D eigenvalue weighted by Gasteiger charge is -2.26. The molecule has 1 heterocycles. The van der Waals surface area contributed by atoms with E-state index in [2.05, 4.69) is 0 Å². The van der Waals surface area contributed by atoms with Gasteiger partial charge in [0, 0.05) is 18.7 Å². The minimum atomic E-state index is -3.95. The first-order chi connectivity index (χ1) is 13.7. The Morgan fingerprint density at radius 3 is 2.41 bits per heavy atom. The van der Waals surface area contributed by atoms with Gasteiger partial charge in [-0.25, -0.2) is 17.6 Å². The third-order valence-electron chi connectivity index (χ3n) is 4.20. The second-order valence-corrected chi connectivity index (χ2v) is 9.22. The van der Waals surface area contributed by atoms with Crippen LogP contribution in [0.5, 0.6) is 0 Å². The fourth-order valence-corrected chi connectivity index (χ4v) is 5.12. The van der Waals surface area contributed by atoms with Crippen LogP contribution in [0.15, 0.2) is 35.2 Å². The van der Waals surface area contributed by atoms with E-state index in [-0.39, 0.29) is 58.4 Å². The van der Waals surface area contributed by atoms with Crippen molar-refractivity contribution in [3.05, 3.63) is 62.3 Å². The van der Waals surface area contributed by atoms with Crippen molar-refractivity contribution in [3.8, 4) is 0 Å². The van der Waals surface area contributed by atoms with Crippen LogP contribution >= 0.6 is 34.8 Å². The molecule has 6 nitrogen and oxygen atoms in total. The minimum absolute atomic E-state index is 0.0638. The van der Waals surface area contributed by atoms with Crippen LogP contribution in [0, 0.1) is 5.82 Å². The topological polar surface area (TPSA) is 72.9 Å². The van der Waals surface area contributed by atoms with Gasteiger partial charge in [0.25, 0.3) is 0 Å². The summed E-state index contributed by atoms with van der Waals surface area (Å²) in [5.41, 5.74) is 0.216. The summed E-state index contributed by atoms with van der Waals surface area (Å²) >= 11 is 18.1. The molecule has 0 atom stereocenters. The summed E-state index contributed by atoms with van der Waals surface area (Å²) in [6.07, 6.45) is 0. The Morgan fingerprint density at radius 1 is 1.07 bits per heavy atom. The van der Waals surface area contributed by atoms with Gasteiger partial charge >= 0.3 is 5.97 Å². The first-order valence-electron chi connectivity index (χ1n) is 8.38. The first kappa shape index (κ1) is 22.3. The second kappa shape index (κ2) is 9.16. The van der Waals surface area contributed by atoms with Crippen molar-refractivity contribution < 1.29 is 27.1 Å². The number of sulfonamides is 1. The van der Waals surface area contributed by atoms with Crippen molar-refractivity contribution in [1.29, 1.82) is 0 Å². The molecule has 0 unspecified atom stereocenters. The van der Waals surface area contributed by atoms with E-state index in [4.69, 9.17) is 44.3 Å². The number of nitrogens with zero attached hydrogens (tertiary/aromatic N) is 1. The molecule has 0 aromatic heterocycles. The number of hydrogen-bond acceptors (Lipinski definition) is 5. The Morgan fingerprint density at radius 2 is 1.76 bits per heavy atom. The van der Waals surface area contributed by atoms with E-state index >= 15 is 0 Å². The van der Waals surface area contributed by atoms with Crippen LogP contribution in [-0.4, -0.2) is 45.0 Å². The van der Waals surface area contributed by atoms with Crippen molar-refractivity contribution >= 4 is 50.8 Å². The smallest absolute Gasteiger partial charge is 0.340 e. The number of benzene rings is 2. The molecule has 3 rings (SSSR count). The average Bonchev–Trinajstić information content (AvgIpc) is 2.67. The highest BCUT2D eigenvalue weighted by molar-refractivity contribution is 7.89. The number of hydrogen-bond donors (Lipinski definition) is 0. The maximum Gasteiger partial charge on any atom is 0.340 e. The number of morpholine rings is 1. The van der Waals surface area contributed by atoms with E-state index < -0.39 is 21.8 Å². The first-order valence-corrected chi connectivity index (χ1v) is 11.0. The molecular formula is C18H15Cl3FNO5S. The molecule has 1 aliphatic heterocycles. The van der Waals surface area contributed by atoms with Gasteiger partial charge in [0.1, 0.15) is 17.3 Å². The number of carbonyl (C=O) groups excluding carboxylic acids is 1. The summed E-state index contributed by atoms with van der Waals surface area (Å²) in [6, 6.07) is 5.91. The standard InChI is InChI=1S/C18H15Cl3FNO5S/c19-14-7-12(22)2-1-11(14)10-28-18(24)13-8-17(16(21)9-15(13)20)29(25,26)23-3-5-27-6-4-23/h1-2,7-9H,3-6,10H2. The number of halogens is 4. The molecule has 11 heteroatoms. The Balaban J connectivity index is 1.85. The predicted octanol–water partition coefficient (Wildman–Crippen LogP) is 4.16. The SMILES string of the molecule is O=C(OCc1ccc(F)cc1Cl)c1cc(S(=O)(=O)N2CCOCC2)c(Cl)cc1Cl. The lowest BCUT2D eigenvalue weighted by atomic mass is 10.2. The summed E-state index contributed by atoms with van der Waals surface area (Å²) in [5.74, 6) is -1.39. The van der Waals surface area contributed by atoms with Crippen LogP contribution in [0.2, 0.25) is 15.1 Å². The van der Waals surface area contributed by atoms with Gasteiger partial charge in [-0.15, -0.1) is 0 Å². The van der Waals surface area contributed by atoms with E-state index in [1.165, 1.54) is 22.5 Å². The van der Waals surface area contributed by atoms with Crippen molar-refractivity contribution in [2.75, 3.05) is 26.3 Å². The van der Waals surface area contributed by atoms with E-state index in [1.807, 2.05) is 0 Å². The van der Waals surface area contributed by atoms with E-state index in [1.54, 1.807) is 0 Å². The second-order valence-electron chi connectivity index (χ2n) is 6.09. The molecule has 1 saturated heterocycles. The summed E-state index contributed by atoms with van der Waals surface area (Å²) in [6.45, 7) is 0.617. The zero-order chi connectivity index (χ0) is 21.2. The lowest BCUT2D eigenvalue weighted by molar-refractivity contribution is 0.0472. The largest absolute Gasteiger partial charge is 0.457 e. The Hall–Kier alpha value is -1.42. The van der Waals surface area contributed by atoms with Crippen molar-refractivity contribution in [3.63, 3.8) is 0 Å². The van der Waals surface area contributed by atoms with Crippen LogP contribution in [-0.2, 0) is 26.1 Å². The molecule has 0 radical (unpaired) electrons. The highest BCUT2D eigenvalue weighted by Gasteiger charge is 2.30. The van der Waals surface area contributed by atoms with Crippen LogP contribution in [0.3, 0.4) is 0 Å². The molecule has 0 N–H and O–H groups in total. The van der Waals surface area contributed by atoms with E-state index in [0.29, 0.717) is 5.56 Å². The maximum atomic E-state index is 13.1. The Labute approximate surface area is 182 Å². The van der Waals surface area contributed by atoms with Gasteiger partial charge in [-0.2, -0.15) is 4.31 Å². The molecule has 1 fully saturated rings. The summed E-state index contributed by atoms with van der Waals surface area (Å²) < 4.78 is 50.4. The van der Waals surface area contributed by atoms with E-state index in [9.17, 15) is 17.6 Å². The van der Waals surface area contributed by atoms with Crippen molar-refractivity contribution in [2.45, 2.75) is 11.5 Å². The van der Waals surface area contributed by atoms with Gasteiger partial charge in [0.15, 0.2) is 0 Å². The van der Waals surface area contributed by atoms with Gasteiger partial charge in [-0.05, 0) is 24.3 Å². The van der Waals surface area contributed by atoms with Crippen LogP contribution in [0.25, 0.3) is 0 Å². The molecule has 2 aromatic rings.